The second kappa shape index (κ2) is 7.42. The summed E-state index contributed by atoms with van der Waals surface area (Å²) in [5, 5.41) is 0. The monoisotopic (exact) mass is 476 g/mol. The lowest BCUT2D eigenvalue weighted by atomic mass is 10.1. The minimum Gasteiger partial charge on any atom is -0.487 e. The number of halogens is 3. The molecule has 0 radical (unpaired) electrons. The molecule has 0 unspecified atom stereocenters. The second-order valence-electron chi connectivity index (χ2n) is 4.14. The Hall–Kier alpha value is -0.850. The molecule has 2 rings (SSSR count). The molecule has 110 valence electrons. The highest BCUT2D eigenvalue weighted by Gasteiger charge is 2.13. The predicted molar refractivity (Wildman–Crippen MR) is 91.7 cm³/mol. The van der Waals surface area contributed by atoms with E-state index in [-0.39, 0.29) is 12.6 Å². The van der Waals surface area contributed by atoms with Gasteiger partial charge in [0.1, 0.15) is 12.4 Å². The minimum absolute atomic E-state index is 0.268. The summed E-state index contributed by atoms with van der Waals surface area (Å²) in [6, 6.07) is 11.0. The number of methoxy groups -OCH3 is 1. The van der Waals surface area contributed by atoms with E-state index in [0.29, 0.717) is 11.3 Å². The van der Waals surface area contributed by atoms with E-state index >= 15 is 0 Å². The molecule has 2 aromatic rings. The molecule has 0 bridgehead atoms. The van der Waals surface area contributed by atoms with Gasteiger partial charge in [0.25, 0.3) is 0 Å². The molecule has 6 heteroatoms. The van der Waals surface area contributed by atoms with Crippen LogP contribution in [0.2, 0.25) is 0 Å². The summed E-state index contributed by atoms with van der Waals surface area (Å²) < 4.78 is 13.2. The van der Waals surface area contributed by atoms with Gasteiger partial charge in [-0.1, -0.05) is 34.1 Å². The first-order valence-corrected chi connectivity index (χ1v) is 8.34. The van der Waals surface area contributed by atoms with Gasteiger partial charge in [0.05, 0.1) is 21.6 Å². The fourth-order valence-corrected chi connectivity index (χ4v) is 4.26. The number of hydrogen-bond donors (Lipinski definition) is 0. The van der Waals surface area contributed by atoms with Crippen LogP contribution in [0.3, 0.4) is 0 Å². The summed E-state index contributed by atoms with van der Waals surface area (Å²) in [5.74, 6) is 0.306. The molecular weight excluding hydrogens is 468 g/mol. The summed E-state index contributed by atoms with van der Waals surface area (Å²) in [4.78, 5) is 11.7. The Kier molecular flexibility index (Phi) is 5.84. The number of esters is 1. The number of benzene rings is 2. The quantitative estimate of drug-likeness (QED) is 0.556. The van der Waals surface area contributed by atoms with Crippen molar-refractivity contribution >= 4 is 53.8 Å². The van der Waals surface area contributed by atoms with Crippen LogP contribution < -0.4 is 4.74 Å². The van der Waals surface area contributed by atoms with Gasteiger partial charge in [-0.25, -0.2) is 4.79 Å². The first-order chi connectivity index (χ1) is 10.0. The van der Waals surface area contributed by atoms with E-state index in [2.05, 4.69) is 47.8 Å². The normalized spacial score (nSPS) is 10.3. The largest absolute Gasteiger partial charge is 0.487 e. The molecule has 0 aliphatic rings. The third kappa shape index (κ3) is 4.08. The SMILES string of the molecule is COC(=O)c1ccccc1COc1c(Br)cc(Br)cc1Br. The molecule has 0 saturated carbocycles. The van der Waals surface area contributed by atoms with E-state index in [1.165, 1.54) is 7.11 Å². The zero-order valence-electron chi connectivity index (χ0n) is 11.0. The van der Waals surface area contributed by atoms with Crippen LogP contribution in [0.15, 0.2) is 49.8 Å². The van der Waals surface area contributed by atoms with Gasteiger partial charge >= 0.3 is 5.97 Å². The summed E-state index contributed by atoms with van der Waals surface area (Å²) in [7, 11) is 1.36. The van der Waals surface area contributed by atoms with Gasteiger partial charge in [0, 0.05) is 10.0 Å². The average molecular weight is 479 g/mol. The van der Waals surface area contributed by atoms with Crippen molar-refractivity contribution in [3.05, 3.63) is 60.9 Å². The van der Waals surface area contributed by atoms with Crippen LogP contribution in [0.5, 0.6) is 5.75 Å². The molecule has 0 heterocycles. The predicted octanol–water partition coefficient (Wildman–Crippen LogP) is 5.34. The van der Waals surface area contributed by atoms with Crippen molar-refractivity contribution in [3.8, 4) is 5.75 Å². The molecule has 2 aromatic carbocycles. The van der Waals surface area contributed by atoms with Crippen molar-refractivity contribution in [2.24, 2.45) is 0 Å². The molecule has 0 N–H and O–H groups in total. The van der Waals surface area contributed by atoms with Crippen molar-refractivity contribution < 1.29 is 14.3 Å². The number of carbonyl (C=O) groups excluding carboxylic acids is 1. The Bertz CT molecular complexity index is 648. The van der Waals surface area contributed by atoms with Crippen LogP contribution in [0.4, 0.5) is 0 Å². The topological polar surface area (TPSA) is 35.5 Å². The molecule has 0 aromatic heterocycles. The van der Waals surface area contributed by atoms with E-state index in [1.807, 2.05) is 24.3 Å². The molecule has 0 amide bonds. The number of hydrogen-bond acceptors (Lipinski definition) is 3. The van der Waals surface area contributed by atoms with E-state index in [9.17, 15) is 4.79 Å². The minimum atomic E-state index is -0.372. The fraction of sp³-hybridized carbons (Fsp3) is 0.133. The Labute approximate surface area is 148 Å². The summed E-state index contributed by atoms with van der Waals surface area (Å²) in [6.07, 6.45) is 0. The molecule has 0 spiro atoms. The zero-order chi connectivity index (χ0) is 15.4. The molecule has 0 aliphatic carbocycles. The Balaban J connectivity index is 2.23. The highest BCUT2D eigenvalue weighted by molar-refractivity contribution is 9.11. The van der Waals surface area contributed by atoms with E-state index in [0.717, 1.165) is 19.0 Å². The van der Waals surface area contributed by atoms with Crippen LogP contribution in [-0.2, 0) is 11.3 Å². The number of carbonyl (C=O) groups is 1. The maximum Gasteiger partial charge on any atom is 0.338 e. The Morgan fingerprint density at radius 1 is 1.10 bits per heavy atom. The third-order valence-electron chi connectivity index (χ3n) is 2.76. The van der Waals surface area contributed by atoms with Gasteiger partial charge in [0.15, 0.2) is 0 Å². The maximum atomic E-state index is 11.7. The van der Waals surface area contributed by atoms with Gasteiger partial charge in [-0.2, -0.15) is 0 Å². The van der Waals surface area contributed by atoms with E-state index in [4.69, 9.17) is 9.47 Å². The van der Waals surface area contributed by atoms with Crippen molar-refractivity contribution in [2.75, 3.05) is 7.11 Å². The van der Waals surface area contributed by atoms with Crippen molar-refractivity contribution in [3.63, 3.8) is 0 Å². The van der Waals surface area contributed by atoms with Crippen LogP contribution in [0.1, 0.15) is 15.9 Å². The highest BCUT2D eigenvalue weighted by atomic mass is 79.9. The van der Waals surface area contributed by atoms with Gasteiger partial charge in [-0.05, 0) is 50.1 Å². The van der Waals surface area contributed by atoms with Crippen molar-refractivity contribution in [2.45, 2.75) is 6.61 Å². The van der Waals surface area contributed by atoms with Crippen molar-refractivity contribution in [1.82, 2.24) is 0 Å². The first-order valence-electron chi connectivity index (χ1n) is 5.96. The standard InChI is InChI=1S/C15H11Br3O3/c1-20-15(19)11-5-3-2-4-9(11)8-21-14-12(17)6-10(16)7-13(14)18/h2-7H,8H2,1H3. The lowest BCUT2D eigenvalue weighted by Crippen LogP contribution is -2.08. The molecular formula is C15H11Br3O3. The van der Waals surface area contributed by atoms with Crippen LogP contribution in [0.25, 0.3) is 0 Å². The summed E-state index contributed by atoms with van der Waals surface area (Å²) >= 11 is 10.3. The maximum absolute atomic E-state index is 11.7. The zero-order valence-corrected chi connectivity index (χ0v) is 15.8. The van der Waals surface area contributed by atoms with Gasteiger partial charge in [0.2, 0.25) is 0 Å². The first kappa shape index (κ1) is 16.5. The van der Waals surface area contributed by atoms with Gasteiger partial charge in [-0.15, -0.1) is 0 Å². The smallest absolute Gasteiger partial charge is 0.338 e. The molecule has 0 saturated heterocycles. The number of ether oxygens (including phenoxy) is 2. The van der Waals surface area contributed by atoms with E-state index < -0.39 is 0 Å². The average Bonchev–Trinajstić information content (AvgIpc) is 2.45. The molecule has 21 heavy (non-hydrogen) atoms. The van der Waals surface area contributed by atoms with E-state index in [1.54, 1.807) is 12.1 Å². The fourth-order valence-electron chi connectivity index (χ4n) is 1.77. The second-order valence-corrected chi connectivity index (χ2v) is 6.76. The summed E-state index contributed by atoms with van der Waals surface area (Å²) in [6.45, 7) is 0.268. The highest BCUT2D eigenvalue weighted by Crippen LogP contribution is 2.37. The van der Waals surface area contributed by atoms with Crippen LogP contribution in [-0.4, -0.2) is 13.1 Å². The van der Waals surface area contributed by atoms with Crippen LogP contribution >= 0.6 is 47.8 Å². The molecule has 0 aliphatic heterocycles. The molecule has 0 atom stereocenters. The molecule has 3 nitrogen and oxygen atoms in total. The van der Waals surface area contributed by atoms with Gasteiger partial charge in [-0.3, -0.25) is 0 Å². The lowest BCUT2D eigenvalue weighted by Gasteiger charge is -2.13. The Morgan fingerprint density at radius 2 is 1.71 bits per heavy atom. The number of rotatable bonds is 4. The Morgan fingerprint density at radius 3 is 2.33 bits per heavy atom. The van der Waals surface area contributed by atoms with Gasteiger partial charge < -0.3 is 9.47 Å². The lowest BCUT2D eigenvalue weighted by molar-refractivity contribution is 0.0597. The summed E-state index contributed by atoms with van der Waals surface area (Å²) in [5.41, 5.74) is 1.27. The molecule has 0 fully saturated rings. The third-order valence-corrected chi connectivity index (χ3v) is 4.39. The van der Waals surface area contributed by atoms with Crippen LogP contribution in [0, 0.1) is 0 Å². The van der Waals surface area contributed by atoms with Crippen molar-refractivity contribution in [1.29, 1.82) is 0 Å².